The third kappa shape index (κ3) is 4.82. The van der Waals surface area contributed by atoms with E-state index in [4.69, 9.17) is 0 Å². The molecule has 2 heteroatoms. The van der Waals surface area contributed by atoms with Crippen molar-refractivity contribution in [3.8, 4) is 0 Å². The molecule has 1 aliphatic heterocycles. The van der Waals surface area contributed by atoms with Crippen LogP contribution in [0.4, 0.5) is 0 Å². The Balaban J connectivity index is 1.99. The highest BCUT2D eigenvalue weighted by Gasteiger charge is 2.23. The molecule has 0 radical (unpaired) electrons. The van der Waals surface area contributed by atoms with Crippen LogP contribution in [0, 0.1) is 5.92 Å². The summed E-state index contributed by atoms with van der Waals surface area (Å²) < 4.78 is 0. The second-order valence-electron chi connectivity index (χ2n) is 6.42. The number of aryl methyl sites for hydroxylation is 1. The largest absolute Gasteiger partial charge is 0.309 e. The fraction of sp³-hybridized carbons (Fsp3) is 0.684. The van der Waals surface area contributed by atoms with Crippen molar-refractivity contribution in [3.05, 3.63) is 35.4 Å². The first-order valence-electron chi connectivity index (χ1n) is 8.81. The molecule has 0 aliphatic carbocycles. The standard InChI is InChI=1S/C19H32N2/c1-4-12-20-19(15-21-13-11-17(6-3)14-21)18-9-7-16(5-2)8-10-18/h7-10,17,19-20H,4-6,11-15H2,1-3H3. The molecule has 1 fully saturated rings. The van der Waals surface area contributed by atoms with Gasteiger partial charge in [0.2, 0.25) is 0 Å². The lowest BCUT2D eigenvalue weighted by Gasteiger charge is -2.25. The predicted octanol–water partition coefficient (Wildman–Crippen LogP) is 4.02. The first-order valence-corrected chi connectivity index (χ1v) is 8.81. The Hall–Kier alpha value is -0.860. The second kappa shape index (κ2) is 8.55. The van der Waals surface area contributed by atoms with E-state index in [1.165, 1.54) is 43.5 Å². The fourth-order valence-electron chi connectivity index (χ4n) is 3.26. The average Bonchev–Trinajstić information content (AvgIpc) is 2.99. The summed E-state index contributed by atoms with van der Waals surface area (Å²) in [4.78, 5) is 2.65. The van der Waals surface area contributed by atoms with Gasteiger partial charge in [0, 0.05) is 19.1 Å². The Morgan fingerprint density at radius 3 is 2.52 bits per heavy atom. The van der Waals surface area contributed by atoms with Crippen LogP contribution in [0.25, 0.3) is 0 Å². The number of hydrogen-bond acceptors (Lipinski definition) is 2. The maximum Gasteiger partial charge on any atom is 0.0449 e. The molecule has 0 spiro atoms. The Bertz CT molecular complexity index is 399. The van der Waals surface area contributed by atoms with Gasteiger partial charge in [0.25, 0.3) is 0 Å². The summed E-state index contributed by atoms with van der Waals surface area (Å²) in [5.74, 6) is 0.916. The zero-order chi connectivity index (χ0) is 15.1. The molecule has 1 aromatic rings. The lowest BCUT2D eigenvalue weighted by atomic mass is 10.0. The molecule has 2 nitrogen and oxygen atoms in total. The van der Waals surface area contributed by atoms with Gasteiger partial charge in [-0.2, -0.15) is 0 Å². The van der Waals surface area contributed by atoms with Crippen LogP contribution in [-0.4, -0.2) is 31.1 Å². The van der Waals surface area contributed by atoms with Crippen molar-refractivity contribution < 1.29 is 0 Å². The van der Waals surface area contributed by atoms with E-state index in [1.54, 1.807) is 0 Å². The number of rotatable bonds is 8. The van der Waals surface area contributed by atoms with Crippen LogP contribution in [0.15, 0.2) is 24.3 Å². The predicted molar refractivity (Wildman–Crippen MR) is 91.7 cm³/mol. The van der Waals surface area contributed by atoms with E-state index >= 15 is 0 Å². The van der Waals surface area contributed by atoms with E-state index in [9.17, 15) is 0 Å². The number of nitrogens with one attached hydrogen (secondary N) is 1. The van der Waals surface area contributed by atoms with E-state index < -0.39 is 0 Å². The molecule has 0 saturated carbocycles. The highest BCUT2D eigenvalue weighted by molar-refractivity contribution is 5.25. The van der Waals surface area contributed by atoms with Gasteiger partial charge in [-0.3, -0.25) is 0 Å². The monoisotopic (exact) mass is 288 g/mol. The summed E-state index contributed by atoms with van der Waals surface area (Å²) in [5, 5.41) is 3.74. The zero-order valence-electron chi connectivity index (χ0n) is 14.1. The molecule has 1 heterocycles. The van der Waals surface area contributed by atoms with E-state index in [-0.39, 0.29) is 0 Å². The van der Waals surface area contributed by atoms with Gasteiger partial charge in [-0.1, -0.05) is 51.5 Å². The molecule has 2 rings (SSSR count). The van der Waals surface area contributed by atoms with Crippen LogP contribution in [0.5, 0.6) is 0 Å². The molecule has 0 amide bonds. The third-order valence-corrected chi connectivity index (χ3v) is 4.82. The van der Waals surface area contributed by atoms with Crippen LogP contribution in [-0.2, 0) is 6.42 Å². The summed E-state index contributed by atoms with van der Waals surface area (Å²) in [5.41, 5.74) is 2.88. The molecular formula is C19H32N2. The highest BCUT2D eigenvalue weighted by atomic mass is 15.2. The van der Waals surface area contributed by atoms with Gasteiger partial charge in [0.15, 0.2) is 0 Å². The minimum absolute atomic E-state index is 0.478. The van der Waals surface area contributed by atoms with Crippen molar-refractivity contribution in [1.29, 1.82) is 0 Å². The summed E-state index contributed by atoms with van der Waals surface area (Å²) in [6, 6.07) is 9.69. The van der Waals surface area contributed by atoms with Crippen LogP contribution in [0.1, 0.15) is 57.2 Å². The van der Waals surface area contributed by atoms with Gasteiger partial charge in [-0.05, 0) is 49.4 Å². The highest BCUT2D eigenvalue weighted by Crippen LogP contribution is 2.23. The second-order valence-corrected chi connectivity index (χ2v) is 6.42. The maximum atomic E-state index is 3.74. The summed E-state index contributed by atoms with van der Waals surface area (Å²) in [6.45, 7) is 11.6. The van der Waals surface area contributed by atoms with Gasteiger partial charge in [0.1, 0.15) is 0 Å². The molecule has 118 valence electrons. The first kappa shape index (κ1) is 16.5. The number of likely N-dealkylation sites (tertiary alicyclic amines) is 1. The van der Waals surface area contributed by atoms with Gasteiger partial charge in [-0.15, -0.1) is 0 Å². The Labute approximate surface area is 130 Å². The molecule has 1 aromatic carbocycles. The lowest BCUT2D eigenvalue weighted by Crippen LogP contribution is -2.34. The lowest BCUT2D eigenvalue weighted by molar-refractivity contribution is 0.281. The molecule has 2 unspecified atom stereocenters. The Kier molecular flexibility index (Phi) is 6.72. The smallest absolute Gasteiger partial charge is 0.0449 e. The zero-order valence-corrected chi connectivity index (χ0v) is 14.1. The topological polar surface area (TPSA) is 15.3 Å². The van der Waals surface area contributed by atoms with Crippen molar-refractivity contribution in [2.45, 2.75) is 52.5 Å². The molecule has 21 heavy (non-hydrogen) atoms. The Morgan fingerprint density at radius 1 is 1.19 bits per heavy atom. The number of benzene rings is 1. The Morgan fingerprint density at radius 2 is 1.95 bits per heavy atom. The van der Waals surface area contributed by atoms with Gasteiger partial charge < -0.3 is 10.2 Å². The quantitative estimate of drug-likeness (QED) is 0.777. The van der Waals surface area contributed by atoms with Gasteiger partial charge in [-0.25, -0.2) is 0 Å². The van der Waals surface area contributed by atoms with Crippen LogP contribution in [0.2, 0.25) is 0 Å². The molecule has 1 saturated heterocycles. The van der Waals surface area contributed by atoms with E-state index in [0.29, 0.717) is 6.04 Å². The normalized spacial score (nSPS) is 20.8. The van der Waals surface area contributed by atoms with Crippen molar-refractivity contribution in [2.75, 3.05) is 26.2 Å². The number of hydrogen-bond donors (Lipinski definition) is 1. The minimum Gasteiger partial charge on any atom is -0.309 e. The summed E-state index contributed by atoms with van der Waals surface area (Å²) >= 11 is 0. The number of nitrogens with zero attached hydrogens (tertiary/aromatic N) is 1. The molecule has 0 bridgehead atoms. The average molecular weight is 288 g/mol. The van der Waals surface area contributed by atoms with Crippen molar-refractivity contribution in [3.63, 3.8) is 0 Å². The van der Waals surface area contributed by atoms with E-state index in [0.717, 1.165) is 25.4 Å². The molecular weight excluding hydrogens is 256 g/mol. The molecule has 0 aromatic heterocycles. The molecule has 1 aliphatic rings. The van der Waals surface area contributed by atoms with E-state index in [2.05, 4.69) is 55.3 Å². The summed E-state index contributed by atoms with van der Waals surface area (Å²) in [7, 11) is 0. The molecule has 2 atom stereocenters. The van der Waals surface area contributed by atoms with Crippen LogP contribution >= 0.6 is 0 Å². The maximum absolute atomic E-state index is 3.74. The van der Waals surface area contributed by atoms with Crippen LogP contribution < -0.4 is 5.32 Å². The molecule has 1 N–H and O–H groups in total. The van der Waals surface area contributed by atoms with Gasteiger partial charge >= 0.3 is 0 Å². The van der Waals surface area contributed by atoms with Gasteiger partial charge in [0.05, 0.1) is 0 Å². The van der Waals surface area contributed by atoms with Crippen molar-refractivity contribution >= 4 is 0 Å². The minimum atomic E-state index is 0.478. The first-order chi connectivity index (χ1) is 10.3. The summed E-state index contributed by atoms with van der Waals surface area (Å²) in [6.07, 6.45) is 5.03. The van der Waals surface area contributed by atoms with Crippen molar-refractivity contribution in [1.82, 2.24) is 10.2 Å². The van der Waals surface area contributed by atoms with Crippen molar-refractivity contribution in [2.24, 2.45) is 5.92 Å². The van der Waals surface area contributed by atoms with E-state index in [1.807, 2.05) is 0 Å². The third-order valence-electron chi connectivity index (χ3n) is 4.82. The fourth-order valence-corrected chi connectivity index (χ4v) is 3.26. The SMILES string of the molecule is CCCNC(CN1CCC(CC)C1)c1ccc(CC)cc1. The van der Waals surface area contributed by atoms with Crippen LogP contribution in [0.3, 0.4) is 0 Å².